The predicted molar refractivity (Wildman–Crippen MR) is 129 cm³/mol. The molecule has 1 atom stereocenters. The number of rotatable bonds is 7. The van der Waals surface area contributed by atoms with E-state index in [4.69, 9.17) is 9.47 Å². The maximum atomic E-state index is 13.3. The smallest absolute Gasteiger partial charge is 0.356 e. The highest BCUT2D eigenvalue weighted by atomic mass is 16.5. The number of piperazine rings is 1. The Kier molecular flexibility index (Phi) is 7.55. The van der Waals surface area contributed by atoms with Gasteiger partial charge < -0.3 is 19.8 Å². The third-order valence-corrected chi connectivity index (χ3v) is 7.10. The molecule has 1 saturated heterocycles. The zero-order chi connectivity index (χ0) is 23.4. The van der Waals surface area contributed by atoms with Crippen molar-refractivity contribution in [3.05, 3.63) is 23.9 Å². The van der Waals surface area contributed by atoms with Gasteiger partial charge in [-0.3, -0.25) is 14.6 Å². The molecule has 0 spiro atoms. The van der Waals surface area contributed by atoms with Gasteiger partial charge in [0.05, 0.1) is 25.4 Å². The molecule has 33 heavy (non-hydrogen) atoms. The summed E-state index contributed by atoms with van der Waals surface area (Å²) in [5.41, 5.74) is 1.44. The van der Waals surface area contributed by atoms with Gasteiger partial charge in [0.25, 0.3) is 0 Å². The van der Waals surface area contributed by atoms with E-state index in [9.17, 15) is 9.59 Å². The van der Waals surface area contributed by atoms with Gasteiger partial charge in [-0.1, -0.05) is 19.3 Å². The van der Waals surface area contributed by atoms with Crippen molar-refractivity contribution in [3.8, 4) is 5.75 Å². The molecular formula is C25H36N4O4. The van der Waals surface area contributed by atoms with E-state index in [1.807, 2.05) is 25.1 Å². The number of carbonyl (C=O) groups excluding carboxylic acids is 2. The van der Waals surface area contributed by atoms with E-state index in [-0.39, 0.29) is 24.2 Å². The molecule has 2 aromatic rings. The number of fused-ring (bicyclic) bond motifs is 1. The Balaban J connectivity index is 1.47. The van der Waals surface area contributed by atoms with Crippen LogP contribution in [0.15, 0.2) is 18.2 Å². The Morgan fingerprint density at radius 2 is 1.88 bits per heavy atom. The largest absolute Gasteiger partial charge is 0.497 e. The molecule has 180 valence electrons. The molecule has 1 aliphatic heterocycles. The van der Waals surface area contributed by atoms with Crippen molar-refractivity contribution in [2.75, 3.05) is 45.2 Å². The summed E-state index contributed by atoms with van der Waals surface area (Å²) in [7, 11) is 1.59. The number of hydrogen-bond acceptors (Lipinski definition) is 6. The first-order valence-electron chi connectivity index (χ1n) is 12.2. The van der Waals surface area contributed by atoms with Crippen LogP contribution in [-0.4, -0.2) is 78.6 Å². The minimum atomic E-state index is -0.489. The van der Waals surface area contributed by atoms with Crippen molar-refractivity contribution < 1.29 is 19.1 Å². The van der Waals surface area contributed by atoms with E-state index in [1.54, 1.807) is 14.0 Å². The van der Waals surface area contributed by atoms with Crippen LogP contribution in [0.4, 0.5) is 5.69 Å². The summed E-state index contributed by atoms with van der Waals surface area (Å²) in [5, 5.41) is 3.74. The highest BCUT2D eigenvalue weighted by molar-refractivity contribution is 6.12. The average molecular weight is 457 g/mol. The standard InChI is InChI=1S/C25H36N4O4/c1-4-33-25(31)23-22(20-16-19(32-3)10-11-21(20)26-23)27-24(30)17(2)28-12-14-29(15-13-28)18-8-6-5-7-9-18/h10-11,16-18,26H,4-9,12-15H2,1-3H3,(H,27,30)/t17-/m1/s1. The molecule has 8 nitrogen and oxygen atoms in total. The fourth-order valence-electron chi connectivity index (χ4n) is 5.11. The van der Waals surface area contributed by atoms with E-state index < -0.39 is 5.97 Å². The Morgan fingerprint density at radius 3 is 2.55 bits per heavy atom. The predicted octanol–water partition coefficient (Wildman–Crippen LogP) is 3.63. The number of benzene rings is 1. The molecule has 2 N–H and O–H groups in total. The van der Waals surface area contributed by atoms with E-state index in [1.165, 1.54) is 32.1 Å². The summed E-state index contributed by atoms with van der Waals surface area (Å²) in [6, 6.07) is 5.87. The van der Waals surface area contributed by atoms with Crippen LogP contribution in [0.3, 0.4) is 0 Å². The molecule has 0 bridgehead atoms. The lowest BCUT2D eigenvalue weighted by Crippen LogP contribution is -2.55. The fraction of sp³-hybridized carbons (Fsp3) is 0.600. The van der Waals surface area contributed by atoms with Crippen LogP contribution >= 0.6 is 0 Å². The molecule has 1 aromatic carbocycles. The first-order valence-corrected chi connectivity index (χ1v) is 12.2. The van der Waals surface area contributed by atoms with Gasteiger partial charge in [0, 0.05) is 43.1 Å². The number of aromatic amines is 1. The van der Waals surface area contributed by atoms with Crippen molar-refractivity contribution in [1.82, 2.24) is 14.8 Å². The van der Waals surface area contributed by atoms with Crippen LogP contribution < -0.4 is 10.1 Å². The number of anilines is 1. The number of hydrogen-bond donors (Lipinski definition) is 2. The molecule has 8 heteroatoms. The minimum absolute atomic E-state index is 0.129. The van der Waals surface area contributed by atoms with Gasteiger partial charge in [0.15, 0.2) is 0 Å². The molecule has 1 saturated carbocycles. The summed E-state index contributed by atoms with van der Waals surface area (Å²) < 4.78 is 10.6. The molecule has 2 heterocycles. The summed E-state index contributed by atoms with van der Waals surface area (Å²) >= 11 is 0. The van der Waals surface area contributed by atoms with Crippen LogP contribution in [0, 0.1) is 0 Å². The quantitative estimate of drug-likeness (QED) is 0.619. The lowest BCUT2D eigenvalue weighted by atomic mass is 9.94. The van der Waals surface area contributed by atoms with Crippen LogP contribution in [0.2, 0.25) is 0 Å². The topological polar surface area (TPSA) is 86.9 Å². The molecular weight excluding hydrogens is 420 g/mol. The first kappa shape index (κ1) is 23.6. The second-order valence-electron chi connectivity index (χ2n) is 9.04. The number of nitrogens with one attached hydrogen (secondary N) is 2. The van der Waals surface area contributed by atoms with Crippen molar-refractivity contribution in [2.24, 2.45) is 0 Å². The highest BCUT2D eigenvalue weighted by Gasteiger charge is 2.30. The molecule has 2 fully saturated rings. The van der Waals surface area contributed by atoms with Crippen molar-refractivity contribution in [1.29, 1.82) is 0 Å². The molecule has 0 unspecified atom stereocenters. The number of esters is 1. The lowest BCUT2D eigenvalue weighted by molar-refractivity contribution is -0.121. The van der Waals surface area contributed by atoms with E-state index >= 15 is 0 Å². The molecule has 0 radical (unpaired) electrons. The second kappa shape index (κ2) is 10.6. The number of amides is 1. The van der Waals surface area contributed by atoms with Crippen molar-refractivity contribution in [3.63, 3.8) is 0 Å². The van der Waals surface area contributed by atoms with Gasteiger partial charge in [0.2, 0.25) is 5.91 Å². The second-order valence-corrected chi connectivity index (χ2v) is 9.04. The highest BCUT2D eigenvalue weighted by Crippen LogP contribution is 2.32. The average Bonchev–Trinajstić information content (AvgIpc) is 3.21. The fourth-order valence-corrected chi connectivity index (χ4v) is 5.11. The Bertz CT molecular complexity index is 974. The van der Waals surface area contributed by atoms with Crippen LogP contribution in [0.1, 0.15) is 56.4 Å². The number of nitrogens with zero attached hydrogens (tertiary/aromatic N) is 2. The van der Waals surface area contributed by atoms with E-state index in [2.05, 4.69) is 20.1 Å². The van der Waals surface area contributed by atoms with E-state index in [0.29, 0.717) is 17.5 Å². The van der Waals surface area contributed by atoms with Gasteiger partial charge in [-0.2, -0.15) is 0 Å². The zero-order valence-corrected chi connectivity index (χ0v) is 20.0. The number of H-pyrrole nitrogens is 1. The number of methoxy groups -OCH3 is 1. The van der Waals surface area contributed by atoms with Crippen LogP contribution in [-0.2, 0) is 9.53 Å². The zero-order valence-electron chi connectivity index (χ0n) is 20.0. The SMILES string of the molecule is CCOC(=O)c1[nH]c2ccc(OC)cc2c1NC(=O)[C@@H](C)N1CCN(C2CCCCC2)CC1. The van der Waals surface area contributed by atoms with Crippen LogP contribution in [0.25, 0.3) is 10.9 Å². The molecule has 1 aromatic heterocycles. The number of ether oxygens (including phenoxy) is 2. The van der Waals surface area contributed by atoms with Gasteiger partial charge in [-0.15, -0.1) is 0 Å². The third-order valence-electron chi connectivity index (χ3n) is 7.10. The third kappa shape index (κ3) is 5.17. The number of carbonyl (C=O) groups is 2. The maximum Gasteiger partial charge on any atom is 0.356 e. The Morgan fingerprint density at radius 1 is 1.15 bits per heavy atom. The van der Waals surface area contributed by atoms with Gasteiger partial charge >= 0.3 is 5.97 Å². The molecule has 2 aliphatic rings. The summed E-state index contributed by atoms with van der Waals surface area (Å²) in [5.74, 6) is 0.0337. The monoisotopic (exact) mass is 456 g/mol. The van der Waals surface area contributed by atoms with Gasteiger partial charge in [-0.25, -0.2) is 4.79 Å². The van der Waals surface area contributed by atoms with Gasteiger partial charge in [-0.05, 0) is 44.9 Å². The number of aromatic nitrogens is 1. The maximum absolute atomic E-state index is 13.3. The summed E-state index contributed by atoms with van der Waals surface area (Å²) in [4.78, 5) is 33.8. The minimum Gasteiger partial charge on any atom is -0.497 e. The molecule has 1 aliphatic carbocycles. The molecule has 1 amide bonds. The first-order chi connectivity index (χ1) is 16.0. The summed E-state index contributed by atoms with van der Waals surface area (Å²) in [6.45, 7) is 7.70. The van der Waals surface area contributed by atoms with Crippen molar-refractivity contribution in [2.45, 2.75) is 58.0 Å². The van der Waals surface area contributed by atoms with Gasteiger partial charge in [0.1, 0.15) is 11.4 Å². The lowest BCUT2D eigenvalue weighted by Gasteiger charge is -2.42. The summed E-state index contributed by atoms with van der Waals surface area (Å²) in [6.07, 6.45) is 6.64. The van der Waals surface area contributed by atoms with Crippen molar-refractivity contribution >= 4 is 28.5 Å². The normalized spacial score (nSPS) is 19.4. The van der Waals surface area contributed by atoms with Crippen LogP contribution in [0.5, 0.6) is 5.75 Å². The van der Waals surface area contributed by atoms with E-state index in [0.717, 1.165) is 37.1 Å². The Hall–Kier alpha value is -2.58. The Labute approximate surface area is 195 Å². The molecule has 4 rings (SSSR count).